The van der Waals surface area contributed by atoms with Gasteiger partial charge in [-0.1, -0.05) is 72.3 Å². The summed E-state index contributed by atoms with van der Waals surface area (Å²) >= 11 is 6.78. The van der Waals surface area contributed by atoms with Gasteiger partial charge in [-0.15, -0.1) is 0 Å². The standard InChI is InChI=1S/C32H28ClN/c33-28-17-21-6-1-2-7-22(21)18-30(28)34-29-11-5-10-27-31(29)25-8-3-4-9-26(25)32(27)23-13-19-12-20(15-23)16-24(32)14-19/h1-11,17-20,23-24,34H,12-16H2. The second-order valence-electron chi connectivity index (χ2n) is 11.3. The number of anilines is 2. The molecule has 5 aliphatic rings. The van der Waals surface area contributed by atoms with Gasteiger partial charge in [0.25, 0.3) is 0 Å². The Hall–Kier alpha value is -2.77. The highest BCUT2D eigenvalue weighted by Crippen LogP contribution is 2.70. The van der Waals surface area contributed by atoms with Crippen molar-refractivity contribution in [3.63, 3.8) is 0 Å². The van der Waals surface area contributed by atoms with Crippen LogP contribution in [0.2, 0.25) is 5.02 Å². The van der Waals surface area contributed by atoms with Gasteiger partial charge in [-0.3, -0.25) is 0 Å². The van der Waals surface area contributed by atoms with Crippen molar-refractivity contribution in [2.75, 3.05) is 5.32 Å². The van der Waals surface area contributed by atoms with Gasteiger partial charge >= 0.3 is 0 Å². The molecule has 1 spiro atoms. The lowest BCUT2D eigenvalue weighted by Crippen LogP contribution is -2.55. The van der Waals surface area contributed by atoms with Crippen LogP contribution in [0.1, 0.15) is 43.2 Å². The van der Waals surface area contributed by atoms with Gasteiger partial charge < -0.3 is 5.32 Å². The summed E-state index contributed by atoms with van der Waals surface area (Å²) in [5, 5.41) is 6.93. The van der Waals surface area contributed by atoms with Gasteiger partial charge in [-0.25, -0.2) is 0 Å². The van der Waals surface area contributed by atoms with E-state index in [2.05, 4.69) is 84.2 Å². The lowest BCUT2D eigenvalue weighted by atomic mass is 9.43. The molecule has 0 saturated heterocycles. The lowest BCUT2D eigenvalue weighted by Gasteiger charge is -2.61. The molecule has 1 nitrogen and oxygen atoms in total. The Labute approximate surface area is 206 Å². The smallest absolute Gasteiger partial charge is 0.0647 e. The minimum Gasteiger partial charge on any atom is -0.354 e. The molecule has 4 saturated carbocycles. The Balaban J connectivity index is 1.32. The van der Waals surface area contributed by atoms with E-state index in [1.807, 2.05) is 0 Å². The normalized spacial score (nSPS) is 30.0. The zero-order valence-electron chi connectivity index (χ0n) is 19.2. The highest BCUT2D eigenvalue weighted by molar-refractivity contribution is 6.34. The fourth-order valence-electron chi connectivity index (χ4n) is 8.76. The Kier molecular flexibility index (Phi) is 3.96. The first-order valence-electron chi connectivity index (χ1n) is 12.9. The molecule has 0 unspecified atom stereocenters. The van der Waals surface area contributed by atoms with Gasteiger partial charge in [0.1, 0.15) is 0 Å². The van der Waals surface area contributed by atoms with E-state index in [1.165, 1.54) is 59.7 Å². The van der Waals surface area contributed by atoms with Crippen molar-refractivity contribution in [1.82, 2.24) is 0 Å². The van der Waals surface area contributed by atoms with Gasteiger partial charge in [0.05, 0.1) is 10.7 Å². The molecular weight excluding hydrogens is 434 g/mol. The summed E-state index contributed by atoms with van der Waals surface area (Å²) in [6.45, 7) is 0. The molecule has 34 heavy (non-hydrogen) atoms. The van der Waals surface area contributed by atoms with Crippen LogP contribution in [0, 0.1) is 23.7 Å². The van der Waals surface area contributed by atoms with Crippen molar-refractivity contribution >= 4 is 33.7 Å². The van der Waals surface area contributed by atoms with Gasteiger partial charge in [0.15, 0.2) is 0 Å². The second-order valence-corrected chi connectivity index (χ2v) is 11.7. The second kappa shape index (κ2) is 6.89. The Bertz CT molecular complexity index is 1440. The minimum atomic E-state index is 0.199. The molecule has 0 atom stereocenters. The zero-order chi connectivity index (χ0) is 22.4. The van der Waals surface area contributed by atoms with Crippen LogP contribution < -0.4 is 5.32 Å². The third-order valence-electron chi connectivity index (χ3n) is 9.68. The number of nitrogens with one attached hydrogen (secondary N) is 1. The third kappa shape index (κ3) is 2.46. The van der Waals surface area contributed by atoms with Gasteiger partial charge in [0, 0.05) is 16.7 Å². The maximum atomic E-state index is 6.78. The van der Waals surface area contributed by atoms with E-state index >= 15 is 0 Å². The molecule has 0 aliphatic heterocycles. The minimum absolute atomic E-state index is 0.199. The summed E-state index contributed by atoms with van der Waals surface area (Å²) in [5.41, 5.74) is 8.39. The van der Waals surface area contributed by atoms with E-state index in [9.17, 15) is 0 Å². The van der Waals surface area contributed by atoms with Crippen molar-refractivity contribution in [2.45, 2.75) is 37.5 Å². The first kappa shape index (κ1) is 19.5. The third-order valence-corrected chi connectivity index (χ3v) is 10.00. The van der Waals surface area contributed by atoms with Crippen LogP contribution in [0.25, 0.3) is 21.9 Å². The van der Waals surface area contributed by atoms with Crippen LogP contribution in [-0.2, 0) is 5.41 Å². The molecule has 4 aromatic rings. The summed E-state index contributed by atoms with van der Waals surface area (Å²) in [7, 11) is 0. The summed E-state index contributed by atoms with van der Waals surface area (Å²) in [6, 6.07) is 29.0. The van der Waals surface area contributed by atoms with E-state index < -0.39 is 0 Å². The molecule has 0 aromatic heterocycles. The predicted octanol–water partition coefficient (Wildman–Crippen LogP) is 8.96. The molecule has 0 heterocycles. The molecule has 2 heteroatoms. The fraction of sp³-hybridized carbons (Fsp3) is 0.312. The highest BCUT2D eigenvalue weighted by Gasteiger charge is 2.61. The molecule has 4 fully saturated rings. The van der Waals surface area contributed by atoms with E-state index in [-0.39, 0.29) is 5.41 Å². The average Bonchev–Trinajstić information content (AvgIpc) is 3.14. The van der Waals surface area contributed by atoms with Crippen LogP contribution >= 0.6 is 11.6 Å². The SMILES string of the molecule is Clc1cc2ccccc2cc1Nc1cccc2c1-c1ccccc1C21C2CC3CC(C2)CC1C3. The van der Waals surface area contributed by atoms with E-state index in [0.29, 0.717) is 0 Å². The molecule has 9 rings (SSSR count). The Morgan fingerprint density at radius 2 is 1.29 bits per heavy atom. The maximum Gasteiger partial charge on any atom is 0.0647 e. The number of rotatable bonds is 2. The summed E-state index contributed by atoms with van der Waals surface area (Å²) in [6.07, 6.45) is 7.13. The average molecular weight is 462 g/mol. The molecule has 0 amide bonds. The molecule has 1 N–H and O–H groups in total. The fourth-order valence-corrected chi connectivity index (χ4v) is 8.98. The van der Waals surface area contributed by atoms with Crippen molar-refractivity contribution in [3.8, 4) is 11.1 Å². The number of fused-ring (bicyclic) bond motifs is 4. The van der Waals surface area contributed by atoms with Crippen LogP contribution in [0.3, 0.4) is 0 Å². The molecule has 5 aliphatic carbocycles. The Morgan fingerprint density at radius 1 is 0.647 bits per heavy atom. The number of hydrogen-bond donors (Lipinski definition) is 1. The van der Waals surface area contributed by atoms with Crippen molar-refractivity contribution in [1.29, 1.82) is 0 Å². The maximum absolute atomic E-state index is 6.78. The first-order chi connectivity index (χ1) is 16.7. The van der Waals surface area contributed by atoms with Gasteiger partial charge in [0.2, 0.25) is 0 Å². The quantitative estimate of drug-likeness (QED) is 0.314. The number of benzene rings is 4. The summed E-state index contributed by atoms with van der Waals surface area (Å²) < 4.78 is 0. The van der Waals surface area contributed by atoms with Crippen molar-refractivity contribution in [3.05, 3.63) is 95.0 Å². The predicted molar refractivity (Wildman–Crippen MR) is 142 cm³/mol. The largest absolute Gasteiger partial charge is 0.354 e. The first-order valence-corrected chi connectivity index (χ1v) is 13.3. The van der Waals surface area contributed by atoms with Crippen LogP contribution in [-0.4, -0.2) is 0 Å². The van der Waals surface area contributed by atoms with Crippen LogP contribution in [0.4, 0.5) is 11.4 Å². The van der Waals surface area contributed by atoms with Gasteiger partial charge in [-0.2, -0.15) is 0 Å². The lowest BCUT2D eigenvalue weighted by molar-refractivity contribution is -0.0399. The number of halogens is 1. The van der Waals surface area contributed by atoms with E-state index in [0.717, 1.165) is 34.4 Å². The molecule has 4 aromatic carbocycles. The Morgan fingerprint density at radius 3 is 2.06 bits per heavy atom. The molecule has 168 valence electrons. The van der Waals surface area contributed by atoms with E-state index in [1.54, 1.807) is 11.1 Å². The van der Waals surface area contributed by atoms with Crippen molar-refractivity contribution in [2.24, 2.45) is 23.7 Å². The highest BCUT2D eigenvalue weighted by atomic mass is 35.5. The van der Waals surface area contributed by atoms with Crippen LogP contribution in [0.5, 0.6) is 0 Å². The monoisotopic (exact) mass is 461 g/mol. The molecule has 4 bridgehead atoms. The van der Waals surface area contributed by atoms with E-state index in [4.69, 9.17) is 11.6 Å². The molecular formula is C32H28ClN. The number of hydrogen-bond acceptors (Lipinski definition) is 1. The molecule has 0 radical (unpaired) electrons. The topological polar surface area (TPSA) is 12.0 Å². The zero-order valence-corrected chi connectivity index (χ0v) is 20.0. The van der Waals surface area contributed by atoms with Crippen LogP contribution in [0.15, 0.2) is 78.9 Å². The summed E-state index contributed by atoms with van der Waals surface area (Å²) in [4.78, 5) is 0. The van der Waals surface area contributed by atoms with Gasteiger partial charge in [-0.05, 0) is 101 Å². The summed E-state index contributed by atoms with van der Waals surface area (Å²) in [5.74, 6) is 3.49. The van der Waals surface area contributed by atoms with Crippen molar-refractivity contribution < 1.29 is 0 Å².